The maximum atomic E-state index is 9.58. The van der Waals surface area contributed by atoms with E-state index < -0.39 is 5.60 Å². The highest BCUT2D eigenvalue weighted by atomic mass is 32.1. The lowest BCUT2D eigenvalue weighted by Crippen LogP contribution is -2.29. The maximum absolute atomic E-state index is 9.58. The number of hydrogen-bond acceptors (Lipinski definition) is 4. The van der Waals surface area contributed by atoms with Crippen LogP contribution in [0.4, 0.5) is 5.69 Å². The molecule has 0 radical (unpaired) electrons. The fourth-order valence-corrected chi connectivity index (χ4v) is 1.94. The average Bonchev–Trinajstić information content (AvgIpc) is 2.60. The number of thiazole rings is 1. The molecule has 0 bridgehead atoms. The molecule has 0 saturated carbocycles. The van der Waals surface area contributed by atoms with E-state index in [1.54, 1.807) is 25.2 Å². The summed E-state index contributed by atoms with van der Waals surface area (Å²) in [5.74, 6) is 0. The van der Waals surface area contributed by atoms with Crippen molar-refractivity contribution in [1.29, 1.82) is 0 Å². The minimum atomic E-state index is -0.697. The Kier molecular flexibility index (Phi) is 2.63. The standard InChI is InChI=1S/C11H14N2OS/c1-11(2,14)6-12-8-3-4-10-9(5-8)13-7-15-10/h3-5,7,12,14H,6H2,1-2H3. The highest BCUT2D eigenvalue weighted by Gasteiger charge is 2.11. The lowest BCUT2D eigenvalue weighted by Gasteiger charge is -2.18. The normalized spacial score (nSPS) is 11.9. The van der Waals surface area contributed by atoms with Crippen molar-refractivity contribution in [2.75, 3.05) is 11.9 Å². The Hall–Kier alpha value is -1.13. The molecule has 0 atom stereocenters. The highest BCUT2D eigenvalue weighted by molar-refractivity contribution is 7.16. The van der Waals surface area contributed by atoms with E-state index in [2.05, 4.69) is 10.3 Å². The van der Waals surface area contributed by atoms with Crippen LogP contribution >= 0.6 is 11.3 Å². The van der Waals surface area contributed by atoms with Crippen molar-refractivity contribution in [3.63, 3.8) is 0 Å². The Morgan fingerprint density at radius 3 is 3.00 bits per heavy atom. The van der Waals surface area contributed by atoms with Gasteiger partial charge in [0.1, 0.15) is 0 Å². The minimum absolute atomic E-state index is 0.530. The van der Waals surface area contributed by atoms with Gasteiger partial charge in [-0.15, -0.1) is 11.3 Å². The topological polar surface area (TPSA) is 45.1 Å². The molecule has 0 spiro atoms. The first kappa shape index (κ1) is 10.4. The highest BCUT2D eigenvalue weighted by Crippen LogP contribution is 2.21. The van der Waals surface area contributed by atoms with Crippen LogP contribution in [0.5, 0.6) is 0 Å². The Bertz CT molecular complexity index is 459. The number of aliphatic hydroxyl groups is 1. The summed E-state index contributed by atoms with van der Waals surface area (Å²) in [7, 11) is 0. The quantitative estimate of drug-likeness (QED) is 0.838. The zero-order valence-electron chi connectivity index (χ0n) is 8.82. The molecule has 4 heteroatoms. The maximum Gasteiger partial charge on any atom is 0.0832 e. The lowest BCUT2D eigenvalue weighted by molar-refractivity contribution is 0.0945. The van der Waals surface area contributed by atoms with Gasteiger partial charge in [0.05, 0.1) is 21.3 Å². The van der Waals surface area contributed by atoms with Crippen LogP contribution in [0.1, 0.15) is 13.8 Å². The van der Waals surface area contributed by atoms with E-state index in [-0.39, 0.29) is 0 Å². The van der Waals surface area contributed by atoms with E-state index >= 15 is 0 Å². The van der Waals surface area contributed by atoms with Crippen LogP contribution in [0, 0.1) is 0 Å². The van der Waals surface area contributed by atoms with Gasteiger partial charge in [-0.1, -0.05) is 0 Å². The summed E-state index contributed by atoms with van der Waals surface area (Å²) in [5, 5.41) is 12.8. The zero-order valence-corrected chi connectivity index (χ0v) is 9.64. The molecule has 1 aromatic heterocycles. The molecule has 1 aromatic carbocycles. The van der Waals surface area contributed by atoms with E-state index in [4.69, 9.17) is 0 Å². The van der Waals surface area contributed by atoms with Crippen molar-refractivity contribution >= 4 is 27.2 Å². The van der Waals surface area contributed by atoms with Gasteiger partial charge < -0.3 is 10.4 Å². The molecular weight excluding hydrogens is 208 g/mol. The van der Waals surface area contributed by atoms with E-state index in [0.29, 0.717) is 6.54 Å². The second-order valence-corrected chi connectivity index (χ2v) is 5.09. The second-order valence-electron chi connectivity index (χ2n) is 4.20. The van der Waals surface area contributed by atoms with Crippen molar-refractivity contribution in [3.05, 3.63) is 23.7 Å². The molecule has 15 heavy (non-hydrogen) atoms. The Morgan fingerprint density at radius 1 is 1.47 bits per heavy atom. The number of aromatic nitrogens is 1. The van der Waals surface area contributed by atoms with Gasteiger partial charge in [-0.3, -0.25) is 0 Å². The molecule has 80 valence electrons. The third-order valence-electron chi connectivity index (χ3n) is 2.06. The number of benzene rings is 1. The lowest BCUT2D eigenvalue weighted by atomic mass is 10.1. The fourth-order valence-electron chi connectivity index (χ4n) is 1.29. The summed E-state index contributed by atoms with van der Waals surface area (Å²) < 4.78 is 1.18. The van der Waals surface area contributed by atoms with E-state index in [1.807, 2.05) is 23.7 Å². The van der Waals surface area contributed by atoms with Crippen LogP contribution < -0.4 is 5.32 Å². The van der Waals surface area contributed by atoms with Crippen LogP contribution in [-0.2, 0) is 0 Å². The second kappa shape index (κ2) is 3.79. The van der Waals surface area contributed by atoms with Gasteiger partial charge in [0.25, 0.3) is 0 Å². The smallest absolute Gasteiger partial charge is 0.0832 e. The van der Waals surface area contributed by atoms with Crippen molar-refractivity contribution in [3.8, 4) is 0 Å². The summed E-state index contributed by atoms with van der Waals surface area (Å²) >= 11 is 1.63. The number of nitrogens with one attached hydrogen (secondary N) is 1. The van der Waals surface area contributed by atoms with Crippen molar-refractivity contribution in [1.82, 2.24) is 4.98 Å². The number of nitrogens with zero attached hydrogens (tertiary/aromatic N) is 1. The minimum Gasteiger partial charge on any atom is -0.389 e. The SMILES string of the molecule is CC(C)(O)CNc1ccc2scnc2c1. The first-order valence-electron chi connectivity index (χ1n) is 4.84. The van der Waals surface area contributed by atoms with Gasteiger partial charge in [0, 0.05) is 12.2 Å². The van der Waals surface area contributed by atoms with Crippen molar-refractivity contribution in [2.24, 2.45) is 0 Å². The zero-order chi connectivity index (χ0) is 10.9. The van der Waals surface area contributed by atoms with Gasteiger partial charge in [0.15, 0.2) is 0 Å². The first-order chi connectivity index (χ1) is 7.04. The molecule has 1 heterocycles. The van der Waals surface area contributed by atoms with Gasteiger partial charge in [0.2, 0.25) is 0 Å². The van der Waals surface area contributed by atoms with Gasteiger partial charge in [-0.2, -0.15) is 0 Å². The Labute approximate surface area is 92.8 Å². The summed E-state index contributed by atoms with van der Waals surface area (Å²) in [6, 6.07) is 6.05. The molecular formula is C11H14N2OS. The molecule has 0 fully saturated rings. The summed E-state index contributed by atoms with van der Waals surface area (Å²) in [6.45, 7) is 4.09. The summed E-state index contributed by atoms with van der Waals surface area (Å²) in [4.78, 5) is 4.24. The Morgan fingerprint density at radius 2 is 2.27 bits per heavy atom. The van der Waals surface area contributed by atoms with Gasteiger partial charge >= 0.3 is 0 Å². The van der Waals surface area contributed by atoms with Crippen LogP contribution in [-0.4, -0.2) is 22.2 Å². The predicted octanol–water partition coefficient (Wildman–Crippen LogP) is 2.48. The number of fused-ring (bicyclic) bond motifs is 1. The van der Waals surface area contributed by atoms with Gasteiger partial charge in [-0.05, 0) is 32.0 Å². The van der Waals surface area contributed by atoms with E-state index in [9.17, 15) is 5.11 Å². The van der Waals surface area contributed by atoms with Gasteiger partial charge in [-0.25, -0.2) is 4.98 Å². The average molecular weight is 222 g/mol. The molecule has 0 amide bonds. The molecule has 3 nitrogen and oxygen atoms in total. The molecule has 0 saturated heterocycles. The molecule has 0 aliphatic heterocycles. The molecule has 2 rings (SSSR count). The van der Waals surface area contributed by atoms with Crippen molar-refractivity contribution < 1.29 is 5.11 Å². The number of rotatable bonds is 3. The molecule has 0 unspecified atom stereocenters. The third-order valence-corrected chi connectivity index (χ3v) is 2.87. The summed E-state index contributed by atoms with van der Waals surface area (Å²) in [5.41, 5.74) is 3.14. The first-order valence-corrected chi connectivity index (χ1v) is 5.72. The molecule has 0 aliphatic carbocycles. The molecule has 2 aromatic rings. The number of hydrogen-bond donors (Lipinski definition) is 2. The Balaban J connectivity index is 2.15. The summed E-state index contributed by atoms with van der Waals surface area (Å²) in [6.07, 6.45) is 0. The van der Waals surface area contributed by atoms with Crippen LogP contribution in [0.2, 0.25) is 0 Å². The van der Waals surface area contributed by atoms with Crippen LogP contribution in [0.25, 0.3) is 10.2 Å². The van der Waals surface area contributed by atoms with Crippen molar-refractivity contribution in [2.45, 2.75) is 19.4 Å². The molecule has 2 N–H and O–H groups in total. The van der Waals surface area contributed by atoms with Crippen LogP contribution in [0.15, 0.2) is 23.7 Å². The third kappa shape index (κ3) is 2.67. The van der Waals surface area contributed by atoms with E-state index in [1.165, 1.54) is 4.70 Å². The predicted molar refractivity (Wildman–Crippen MR) is 64.4 cm³/mol. The monoisotopic (exact) mass is 222 g/mol. The molecule has 0 aliphatic rings. The van der Waals surface area contributed by atoms with E-state index in [0.717, 1.165) is 11.2 Å². The fraction of sp³-hybridized carbons (Fsp3) is 0.364. The number of anilines is 1. The largest absolute Gasteiger partial charge is 0.389 e. The van der Waals surface area contributed by atoms with Crippen LogP contribution in [0.3, 0.4) is 0 Å².